The lowest BCUT2D eigenvalue weighted by molar-refractivity contribution is 1.31. The van der Waals surface area contributed by atoms with Crippen molar-refractivity contribution in [3.8, 4) is 0 Å². The summed E-state index contributed by atoms with van der Waals surface area (Å²) in [6.45, 7) is 5.53. The summed E-state index contributed by atoms with van der Waals surface area (Å²) in [7, 11) is 0. The molecule has 0 unspecified atom stereocenters. The summed E-state index contributed by atoms with van der Waals surface area (Å²) >= 11 is 0. The highest BCUT2D eigenvalue weighted by Gasteiger charge is 1.94. The molecule has 1 aromatic rings. The van der Waals surface area contributed by atoms with Crippen molar-refractivity contribution < 1.29 is 0 Å². The van der Waals surface area contributed by atoms with Crippen LogP contribution in [0.2, 0.25) is 0 Å². The monoisotopic (exact) mass is 172 g/mol. The minimum Gasteiger partial charge on any atom is -0.265 e. The minimum absolute atomic E-state index is 0.933. The van der Waals surface area contributed by atoms with Crippen LogP contribution in [-0.2, 0) is 0 Å². The molecule has 66 valence electrons. The maximum atomic E-state index is 4.22. The van der Waals surface area contributed by atoms with Crippen molar-refractivity contribution in [1.82, 2.24) is 4.98 Å². The number of pyridine rings is 1. The standard InChI is InChI=1S/C11H12N2/c1-3-7-13-11(4-2)10-5-8-12-9-6-10/h3-9H,1H2,2H3/b11-4-,13-7?. The molecule has 0 spiro atoms. The molecule has 1 aromatic heterocycles. The molecule has 0 N–H and O–H groups in total. The fourth-order valence-electron chi connectivity index (χ4n) is 0.971. The normalized spacial score (nSPS) is 11.9. The van der Waals surface area contributed by atoms with Crippen LogP contribution < -0.4 is 0 Å². The van der Waals surface area contributed by atoms with E-state index < -0.39 is 0 Å². The van der Waals surface area contributed by atoms with Gasteiger partial charge in [0.15, 0.2) is 0 Å². The summed E-state index contributed by atoms with van der Waals surface area (Å²) in [6, 6.07) is 3.85. The Kier molecular flexibility index (Phi) is 3.64. The molecule has 2 heteroatoms. The zero-order chi connectivity index (χ0) is 9.52. The maximum absolute atomic E-state index is 4.22. The second-order valence-corrected chi connectivity index (χ2v) is 2.42. The van der Waals surface area contributed by atoms with Gasteiger partial charge in [-0.05, 0) is 19.1 Å². The van der Waals surface area contributed by atoms with Gasteiger partial charge in [-0.3, -0.25) is 9.98 Å². The van der Waals surface area contributed by atoms with E-state index in [1.54, 1.807) is 24.7 Å². The van der Waals surface area contributed by atoms with Crippen molar-refractivity contribution in [3.05, 3.63) is 48.8 Å². The van der Waals surface area contributed by atoms with Gasteiger partial charge in [0.1, 0.15) is 0 Å². The van der Waals surface area contributed by atoms with Crippen molar-refractivity contribution in [1.29, 1.82) is 0 Å². The highest BCUT2D eigenvalue weighted by Crippen LogP contribution is 2.13. The number of hydrogen-bond acceptors (Lipinski definition) is 2. The summed E-state index contributed by atoms with van der Waals surface area (Å²) in [4.78, 5) is 8.16. The Labute approximate surface area is 78.4 Å². The lowest BCUT2D eigenvalue weighted by atomic mass is 10.2. The molecule has 0 saturated heterocycles. The van der Waals surface area contributed by atoms with E-state index in [9.17, 15) is 0 Å². The first kappa shape index (κ1) is 9.39. The predicted molar refractivity (Wildman–Crippen MR) is 56.6 cm³/mol. The highest BCUT2D eigenvalue weighted by atomic mass is 14.7. The Morgan fingerprint density at radius 2 is 2.15 bits per heavy atom. The van der Waals surface area contributed by atoms with Crippen molar-refractivity contribution in [2.75, 3.05) is 0 Å². The van der Waals surface area contributed by atoms with E-state index in [-0.39, 0.29) is 0 Å². The van der Waals surface area contributed by atoms with Gasteiger partial charge in [0.25, 0.3) is 0 Å². The zero-order valence-corrected chi connectivity index (χ0v) is 7.64. The van der Waals surface area contributed by atoms with Crippen LogP contribution in [0.4, 0.5) is 0 Å². The van der Waals surface area contributed by atoms with Crippen LogP contribution in [0.5, 0.6) is 0 Å². The molecule has 0 amide bonds. The molecule has 0 fully saturated rings. The Morgan fingerprint density at radius 1 is 1.46 bits per heavy atom. The van der Waals surface area contributed by atoms with Crippen molar-refractivity contribution >= 4 is 11.9 Å². The van der Waals surface area contributed by atoms with Crippen molar-refractivity contribution in [3.63, 3.8) is 0 Å². The Hall–Kier alpha value is -1.70. The van der Waals surface area contributed by atoms with Crippen molar-refractivity contribution in [2.45, 2.75) is 6.92 Å². The summed E-state index contributed by atoms with van der Waals surface area (Å²) < 4.78 is 0. The SMILES string of the molecule is C=CC=N/C(=C\C)c1ccncc1. The molecule has 0 bridgehead atoms. The largest absolute Gasteiger partial charge is 0.265 e. The molecule has 0 aliphatic heterocycles. The second-order valence-electron chi connectivity index (χ2n) is 2.42. The maximum Gasteiger partial charge on any atom is 0.0660 e. The molecule has 0 atom stereocenters. The second kappa shape index (κ2) is 5.04. The molecule has 0 saturated carbocycles. The summed E-state index contributed by atoms with van der Waals surface area (Å²) in [6.07, 6.45) is 8.79. The first-order chi connectivity index (χ1) is 6.38. The molecule has 0 aromatic carbocycles. The number of hydrogen-bond donors (Lipinski definition) is 0. The fraction of sp³-hybridized carbons (Fsp3) is 0.0909. The zero-order valence-electron chi connectivity index (χ0n) is 7.64. The van der Waals surface area contributed by atoms with E-state index in [1.807, 2.05) is 25.1 Å². The minimum atomic E-state index is 0.933. The molecule has 0 radical (unpaired) electrons. The van der Waals surface area contributed by atoms with Crippen LogP contribution in [-0.4, -0.2) is 11.2 Å². The van der Waals surface area contributed by atoms with Gasteiger partial charge >= 0.3 is 0 Å². The van der Waals surface area contributed by atoms with Gasteiger partial charge in [-0.25, -0.2) is 0 Å². The van der Waals surface area contributed by atoms with Crippen LogP contribution in [0, 0.1) is 0 Å². The molecule has 13 heavy (non-hydrogen) atoms. The summed E-state index contributed by atoms with van der Waals surface area (Å²) in [5, 5.41) is 0. The molecule has 0 aliphatic rings. The predicted octanol–water partition coefficient (Wildman–Crippen LogP) is 2.70. The van der Waals surface area contributed by atoms with Gasteiger partial charge in [-0.1, -0.05) is 18.7 Å². The fourth-order valence-corrected chi connectivity index (χ4v) is 0.971. The smallest absolute Gasteiger partial charge is 0.0660 e. The van der Waals surface area contributed by atoms with Crippen LogP contribution in [0.15, 0.2) is 48.2 Å². The van der Waals surface area contributed by atoms with Crippen LogP contribution in [0.1, 0.15) is 12.5 Å². The van der Waals surface area contributed by atoms with Gasteiger partial charge < -0.3 is 0 Å². The number of rotatable bonds is 3. The Morgan fingerprint density at radius 3 is 2.69 bits per heavy atom. The van der Waals surface area contributed by atoms with Crippen LogP contribution in [0.3, 0.4) is 0 Å². The van der Waals surface area contributed by atoms with Gasteiger partial charge in [-0.15, -0.1) is 0 Å². The molecule has 0 aliphatic carbocycles. The first-order valence-electron chi connectivity index (χ1n) is 4.10. The third-order valence-electron chi connectivity index (χ3n) is 1.57. The third-order valence-corrected chi connectivity index (χ3v) is 1.57. The number of aliphatic imine (C=N–C) groups is 1. The Bertz CT molecular complexity index is 323. The molecule has 1 rings (SSSR count). The number of allylic oxidation sites excluding steroid dienone is 2. The van der Waals surface area contributed by atoms with E-state index in [4.69, 9.17) is 0 Å². The lowest BCUT2D eigenvalue weighted by Gasteiger charge is -1.98. The van der Waals surface area contributed by atoms with Gasteiger partial charge in [0, 0.05) is 24.2 Å². The number of aromatic nitrogens is 1. The van der Waals surface area contributed by atoms with E-state index in [2.05, 4.69) is 16.6 Å². The number of nitrogens with zero attached hydrogens (tertiary/aromatic N) is 2. The molecule has 1 heterocycles. The third kappa shape index (κ3) is 2.67. The van der Waals surface area contributed by atoms with Gasteiger partial charge in [-0.2, -0.15) is 0 Å². The molecule has 2 nitrogen and oxygen atoms in total. The van der Waals surface area contributed by atoms with Gasteiger partial charge in [0.05, 0.1) is 5.70 Å². The summed E-state index contributed by atoms with van der Waals surface area (Å²) in [5.41, 5.74) is 2.00. The highest BCUT2D eigenvalue weighted by molar-refractivity contribution is 5.79. The van der Waals surface area contributed by atoms with Crippen LogP contribution >= 0.6 is 0 Å². The lowest BCUT2D eigenvalue weighted by Crippen LogP contribution is -1.81. The van der Waals surface area contributed by atoms with E-state index in [1.165, 1.54) is 0 Å². The Balaban J connectivity index is 2.92. The quantitative estimate of drug-likeness (QED) is 0.643. The first-order valence-corrected chi connectivity index (χ1v) is 4.10. The molecular weight excluding hydrogens is 160 g/mol. The topological polar surface area (TPSA) is 25.2 Å². The average Bonchev–Trinajstić information content (AvgIpc) is 2.21. The average molecular weight is 172 g/mol. The van der Waals surface area contributed by atoms with E-state index >= 15 is 0 Å². The van der Waals surface area contributed by atoms with E-state index in [0.29, 0.717) is 0 Å². The van der Waals surface area contributed by atoms with Crippen LogP contribution in [0.25, 0.3) is 5.70 Å². The summed E-state index contributed by atoms with van der Waals surface area (Å²) in [5.74, 6) is 0. The van der Waals surface area contributed by atoms with Crippen molar-refractivity contribution in [2.24, 2.45) is 4.99 Å². The van der Waals surface area contributed by atoms with Gasteiger partial charge in [0.2, 0.25) is 0 Å². The van der Waals surface area contributed by atoms with E-state index in [0.717, 1.165) is 11.3 Å². The molecular formula is C11H12N2.